The molecule has 2 fully saturated rings. The van der Waals surface area contributed by atoms with Crippen molar-refractivity contribution >= 4 is 7.28 Å². The molecule has 1 aliphatic heterocycles. The third kappa shape index (κ3) is 2.75. The summed E-state index contributed by atoms with van der Waals surface area (Å²) in [6.07, 6.45) is 15.0. The van der Waals surface area contributed by atoms with E-state index >= 15 is 0 Å². The zero-order valence-electron chi connectivity index (χ0n) is 8.80. The van der Waals surface area contributed by atoms with Crippen LogP contribution >= 0.6 is 0 Å². The summed E-state index contributed by atoms with van der Waals surface area (Å²) in [5, 5.41) is 0. The van der Waals surface area contributed by atoms with E-state index in [4.69, 9.17) is 0 Å². The van der Waals surface area contributed by atoms with E-state index in [9.17, 15) is 0 Å². The van der Waals surface area contributed by atoms with Crippen LogP contribution in [-0.2, 0) is 0 Å². The van der Waals surface area contributed by atoms with Gasteiger partial charge in [-0.15, -0.1) is 0 Å². The molecule has 1 saturated carbocycles. The van der Waals surface area contributed by atoms with Gasteiger partial charge in [0.05, 0.1) is 0 Å². The predicted octanol–water partition coefficient (Wildman–Crippen LogP) is 4.05. The highest BCUT2D eigenvalue weighted by molar-refractivity contribution is 6.38. The van der Waals surface area contributed by atoms with Crippen LogP contribution in [0.1, 0.15) is 57.8 Å². The average Bonchev–Trinajstić information content (AvgIpc) is 2.55. The second-order valence-electron chi connectivity index (χ2n) is 4.94. The smallest absolute Gasteiger partial charge is 0.0800 e. The molecular weight excluding hydrogens is 155 g/mol. The molecule has 0 aromatic heterocycles. The molecule has 1 saturated heterocycles. The monoisotopic (exact) mass is 177 g/mol. The van der Waals surface area contributed by atoms with Crippen LogP contribution in [0.25, 0.3) is 0 Å². The van der Waals surface area contributed by atoms with Gasteiger partial charge in [0.1, 0.15) is 7.28 Å². The zero-order chi connectivity index (χ0) is 8.93. The Labute approximate surface area is 83.7 Å². The highest BCUT2D eigenvalue weighted by Gasteiger charge is 2.25. The standard InChI is InChI=1S/C12H22B/c1-2-4-7-11(8-5-3-1)12-9-6-10-13-12/h11-12H,1-10H2. The number of hydrogen-bond acceptors (Lipinski definition) is 0. The van der Waals surface area contributed by atoms with Gasteiger partial charge in [-0.05, 0) is 5.92 Å². The highest BCUT2D eigenvalue weighted by Crippen LogP contribution is 2.38. The first-order valence-corrected chi connectivity index (χ1v) is 6.30. The maximum atomic E-state index is 2.62. The van der Waals surface area contributed by atoms with Crippen LogP contribution in [0.2, 0.25) is 12.1 Å². The van der Waals surface area contributed by atoms with E-state index in [-0.39, 0.29) is 0 Å². The van der Waals surface area contributed by atoms with Gasteiger partial charge in [-0.3, -0.25) is 0 Å². The Balaban J connectivity index is 1.80. The van der Waals surface area contributed by atoms with Crippen LogP contribution in [0.3, 0.4) is 0 Å². The zero-order valence-corrected chi connectivity index (χ0v) is 8.80. The predicted molar refractivity (Wildman–Crippen MR) is 59.4 cm³/mol. The van der Waals surface area contributed by atoms with Crippen LogP contribution in [0.5, 0.6) is 0 Å². The van der Waals surface area contributed by atoms with Crippen molar-refractivity contribution in [2.75, 3.05) is 0 Å². The Morgan fingerprint density at radius 2 is 1.38 bits per heavy atom. The van der Waals surface area contributed by atoms with E-state index in [0.717, 1.165) is 11.7 Å². The first-order valence-electron chi connectivity index (χ1n) is 6.30. The van der Waals surface area contributed by atoms with Gasteiger partial charge in [-0.2, -0.15) is 0 Å². The van der Waals surface area contributed by atoms with E-state index in [0.29, 0.717) is 0 Å². The molecule has 0 amide bonds. The first-order chi connectivity index (χ1) is 6.47. The molecule has 1 aliphatic carbocycles. The largest absolute Gasteiger partial charge is 0.113 e. The average molecular weight is 177 g/mol. The fourth-order valence-electron chi connectivity index (χ4n) is 3.15. The Kier molecular flexibility index (Phi) is 3.75. The van der Waals surface area contributed by atoms with Gasteiger partial charge in [0.15, 0.2) is 0 Å². The molecule has 0 nitrogen and oxygen atoms in total. The van der Waals surface area contributed by atoms with E-state index in [1.54, 1.807) is 0 Å². The molecule has 0 aromatic rings. The quantitative estimate of drug-likeness (QED) is 0.530. The summed E-state index contributed by atoms with van der Waals surface area (Å²) in [5.41, 5.74) is 0. The molecule has 0 bridgehead atoms. The maximum Gasteiger partial charge on any atom is 0.113 e. The fourth-order valence-corrected chi connectivity index (χ4v) is 3.15. The third-order valence-electron chi connectivity index (χ3n) is 3.97. The van der Waals surface area contributed by atoms with Crippen LogP contribution < -0.4 is 0 Å². The van der Waals surface area contributed by atoms with Crippen molar-refractivity contribution in [1.82, 2.24) is 0 Å². The minimum atomic E-state index is 1.01. The normalized spacial score (nSPS) is 32.2. The SMILES string of the molecule is [B]1CCCC1C1CCCCCCC1. The van der Waals surface area contributed by atoms with Crippen LogP contribution in [0.15, 0.2) is 0 Å². The Morgan fingerprint density at radius 1 is 0.692 bits per heavy atom. The molecule has 13 heavy (non-hydrogen) atoms. The van der Waals surface area contributed by atoms with E-state index < -0.39 is 0 Å². The Bertz CT molecular complexity index is 130. The third-order valence-corrected chi connectivity index (χ3v) is 3.97. The lowest BCUT2D eigenvalue weighted by molar-refractivity contribution is 0.356. The summed E-state index contributed by atoms with van der Waals surface area (Å²) in [6.45, 7) is 0. The summed E-state index contributed by atoms with van der Waals surface area (Å²) < 4.78 is 0. The van der Waals surface area contributed by atoms with Crippen LogP contribution in [-0.4, -0.2) is 7.28 Å². The fraction of sp³-hybridized carbons (Fsp3) is 1.00. The van der Waals surface area contributed by atoms with Crippen molar-refractivity contribution in [3.63, 3.8) is 0 Å². The van der Waals surface area contributed by atoms with Crippen molar-refractivity contribution in [1.29, 1.82) is 0 Å². The number of hydrogen-bond donors (Lipinski definition) is 0. The minimum Gasteiger partial charge on any atom is -0.0800 e. The van der Waals surface area contributed by atoms with Crippen molar-refractivity contribution in [3.05, 3.63) is 0 Å². The molecule has 0 spiro atoms. The second-order valence-corrected chi connectivity index (χ2v) is 4.94. The molecule has 2 aliphatic rings. The van der Waals surface area contributed by atoms with E-state index in [1.165, 1.54) is 64.1 Å². The van der Waals surface area contributed by atoms with Gasteiger partial charge in [0.25, 0.3) is 0 Å². The number of rotatable bonds is 1. The Morgan fingerprint density at radius 3 is 2.00 bits per heavy atom. The van der Waals surface area contributed by atoms with Gasteiger partial charge in [0.2, 0.25) is 0 Å². The van der Waals surface area contributed by atoms with Gasteiger partial charge in [-0.1, -0.05) is 69.9 Å². The Hall–Kier alpha value is 0.0649. The summed E-state index contributed by atoms with van der Waals surface area (Å²) in [4.78, 5) is 0. The summed E-state index contributed by atoms with van der Waals surface area (Å²) in [5.74, 6) is 2.08. The molecule has 0 N–H and O–H groups in total. The molecule has 1 unspecified atom stereocenters. The van der Waals surface area contributed by atoms with Crippen LogP contribution in [0, 0.1) is 5.92 Å². The van der Waals surface area contributed by atoms with Crippen molar-refractivity contribution < 1.29 is 0 Å². The molecule has 1 heteroatoms. The summed E-state index contributed by atoms with van der Waals surface area (Å²) in [7, 11) is 2.62. The van der Waals surface area contributed by atoms with Crippen molar-refractivity contribution in [3.8, 4) is 0 Å². The van der Waals surface area contributed by atoms with E-state index in [2.05, 4.69) is 7.28 Å². The topological polar surface area (TPSA) is 0 Å². The van der Waals surface area contributed by atoms with Gasteiger partial charge < -0.3 is 0 Å². The van der Waals surface area contributed by atoms with Crippen molar-refractivity contribution in [2.24, 2.45) is 5.92 Å². The first kappa shape index (κ1) is 9.61. The van der Waals surface area contributed by atoms with Gasteiger partial charge in [-0.25, -0.2) is 0 Å². The molecular formula is C12H22B. The molecule has 0 aromatic carbocycles. The molecule has 1 heterocycles. The molecule has 73 valence electrons. The highest BCUT2D eigenvalue weighted by atomic mass is 14.2. The summed E-state index contributed by atoms with van der Waals surface area (Å²) >= 11 is 0. The van der Waals surface area contributed by atoms with Crippen molar-refractivity contribution in [2.45, 2.75) is 69.9 Å². The molecule has 2 rings (SSSR count). The van der Waals surface area contributed by atoms with Gasteiger partial charge >= 0.3 is 0 Å². The molecule has 1 atom stereocenters. The lowest BCUT2D eigenvalue weighted by atomic mass is 9.60. The summed E-state index contributed by atoms with van der Waals surface area (Å²) in [6, 6.07) is 0. The molecule has 1 radical (unpaired) electrons. The maximum absolute atomic E-state index is 2.62. The lowest BCUT2D eigenvalue weighted by Gasteiger charge is -2.25. The van der Waals surface area contributed by atoms with Crippen LogP contribution in [0.4, 0.5) is 0 Å². The van der Waals surface area contributed by atoms with Gasteiger partial charge in [0, 0.05) is 0 Å². The lowest BCUT2D eigenvalue weighted by Crippen LogP contribution is -2.12. The van der Waals surface area contributed by atoms with E-state index in [1.807, 2.05) is 0 Å². The second kappa shape index (κ2) is 5.07. The minimum absolute atomic E-state index is 1.01.